The highest BCUT2D eigenvalue weighted by Crippen LogP contribution is 2.17. The van der Waals surface area contributed by atoms with Crippen molar-refractivity contribution in [2.45, 2.75) is 20.4 Å². The molecule has 0 spiro atoms. The Labute approximate surface area is 123 Å². The normalized spacial score (nSPS) is 11.0. The molecule has 0 radical (unpaired) electrons. The number of aromatic amines is 1. The maximum Gasteiger partial charge on any atom is 0.253 e. The van der Waals surface area contributed by atoms with E-state index in [0.29, 0.717) is 12.1 Å². The Morgan fingerprint density at radius 1 is 1.33 bits per heavy atom. The van der Waals surface area contributed by atoms with E-state index in [1.807, 2.05) is 56.0 Å². The Bertz CT molecular complexity index is 813. The minimum Gasteiger partial charge on any atom is -0.361 e. The third-order valence-electron chi connectivity index (χ3n) is 3.92. The number of hydrogen-bond donors (Lipinski definition) is 2. The number of aryl methyl sites for hydroxylation is 2. The summed E-state index contributed by atoms with van der Waals surface area (Å²) in [6, 6.07) is 7.67. The molecule has 3 rings (SSSR count). The lowest BCUT2D eigenvalue weighted by atomic mass is 10.1. The molecule has 1 aromatic carbocycles. The lowest BCUT2D eigenvalue weighted by Gasteiger charge is -2.07. The van der Waals surface area contributed by atoms with Gasteiger partial charge in [-0.3, -0.25) is 9.48 Å². The smallest absolute Gasteiger partial charge is 0.253 e. The Morgan fingerprint density at radius 3 is 2.86 bits per heavy atom. The molecule has 0 aliphatic carbocycles. The molecular formula is C16H18N4O. The standard InChI is InChI=1S/C16H18N4O/c1-10-14(11(2)20(3)19-10)9-18-16(21)13-6-4-5-12-7-8-17-15(12)13/h4-8,17H,9H2,1-3H3,(H,18,21). The van der Waals surface area contributed by atoms with Crippen LogP contribution >= 0.6 is 0 Å². The number of carbonyl (C=O) groups is 1. The van der Waals surface area contributed by atoms with Crippen molar-refractivity contribution >= 4 is 16.8 Å². The number of H-pyrrole nitrogens is 1. The van der Waals surface area contributed by atoms with Crippen LogP contribution in [-0.4, -0.2) is 20.7 Å². The second kappa shape index (κ2) is 5.09. The predicted octanol–water partition coefficient (Wildman–Crippen LogP) is 2.45. The molecule has 0 aliphatic rings. The zero-order valence-electron chi connectivity index (χ0n) is 12.4. The maximum absolute atomic E-state index is 12.4. The number of amides is 1. The second-order valence-corrected chi connectivity index (χ2v) is 5.20. The first-order valence-electron chi connectivity index (χ1n) is 6.91. The van der Waals surface area contributed by atoms with E-state index in [2.05, 4.69) is 15.4 Å². The first-order valence-corrected chi connectivity index (χ1v) is 6.91. The number of nitrogens with zero attached hydrogens (tertiary/aromatic N) is 2. The van der Waals surface area contributed by atoms with Gasteiger partial charge in [0.2, 0.25) is 0 Å². The third kappa shape index (κ3) is 2.31. The molecule has 2 N–H and O–H groups in total. The minimum absolute atomic E-state index is 0.0781. The third-order valence-corrected chi connectivity index (χ3v) is 3.92. The van der Waals surface area contributed by atoms with Gasteiger partial charge < -0.3 is 10.3 Å². The van der Waals surface area contributed by atoms with Gasteiger partial charge in [0.25, 0.3) is 5.91 Å². The van der Waals surface area contributed by atoms with Gasteiger partial charge in [0.15, 0.2) is 0 Å². The molecule has 0 saturated heterocycles. The molecule has 0 fully saturated rings. The zero-order chi connectivity index (χ0) is 15.0. The van der Waals surface area contributed by atoms with Crippen molar-refractivity contribution < 1.29 is 4.79 Å². The molecule has 2 aromatic heterocycles. The van der Waals surface area contributed by atoms with E-state index in [1.165, 1.54) is 0 Å². The fraction of sp³-hybridized carbons (Fsp3) is 0.250. The summed E-state index contributed by atoms with van der Waals surface area (Å²) < 4.78 is 1.84. The van der Waals surface area contributed by atoms with E-state index in [9.17, 15) is 4.79 Å². The largest absolute Gasteiger partial charge is 0.361 e. The Balaban J connectivity index is 1.82. The maximum atomic E-state index is 12.4. The SMILES string of the molecule is Cc1nn(C)c(C)c1CNC(=O)c1cccc2cc[nH]c12. The fourth-order valence-electron chi connectivity index (χ4n) is 2.61. The highest BCUT2D eigenvalue weighted by molar-refractivity contribution is 6.05. The van der Waals surface area contributed by atoms with Crippen molar-refractivity contribution in [3.63, 3.8) is 0 Å². The van der Waals surface area contributed by atoms with Gasteiger partial charge in [-0.1, -0.05) is 12.1 Å². The Kier molecular flexibility index (Phi) is 3.25. The van der Waals surface area contributed by atoms with Gasteiger partial charge in [0, 0.05) is 36.4 Å². The number of fused-ring (bicyclic) bond motifs is 1. The summed E-state index contributed by atoms with van der Waals surface area (Å²) in [5.41, 5.74) is 4.63. The van der Waals surface area contributed by atoms with Gasteiger partial charge >= 0.3 is 0 Å². The van der Waals surface area contributed by atoms with Crippen molar-refractivity contribution in [3.8, 4) is 0 Å². The van der Waals surface area contributed by atoms with Gasteiger partial charge in [-0.2, -0.15) is 5.10 Å². The van der Waals surface area contributed by atoms with E-state index in [4.69, 9.17) is 0 Å². The van der Waals surface area contributed by atoms with Crippen LogP contribution in [0.2, 0.25) is 0 Å². The molecule has 1 amide bonds. The number of hydrogen-bond acceptors (Lipinski definition) is 2. The summed E-state index contributed by atoms with van der Waals surface area (Å²) in [4.78, 5) is 15.5. The van der Waals surface area contributed by atoms with Crippen LogP contribution in [0.1, 0.15) is 27.3 Å². The van der Waals surface area contributed by atoms with Crippen molar-refractivity contribution in [3.05, 3.63) is 53.0 Å². The van der Waals surface area contributed by atoms with E-state index >= 15 is 0 Å². The highest BCUT2D eigenvalue weighted by Gasteiger charge is 2.13. The molecule has 5 heteroatoms. The predicted molar refractivity (Wildman–Crippen MR) is 82.2 cm³/mol. The average molecular weight is 282 g/mol. The number of para-hydroxylation sites is 1. The molecule has 21 heavy (non-hydrogen) atoms. The monoisotopic (exact) mass is 282 g/mol. The number of carbonyl (C=O) groups excluding carboxylic acids is 1. The number of rotatable bonds is 3. The summed E-state index contributed by atoms with van der Waals surface area (Å²) in [5.74, 6) is -0.0781. The van der Waals surface area contributed by atoms with Crippen molar-refractivity contribution in [1.29, 1.82) is 0 Å². The van der Waals surface area contributed by atoms with Crippen LogP contribution in [-0.2, 0) is 13.6 Å². The van der Waals surface area contributed by atoms with Crippen LogP contribution in [0.4, 0.5) is 0 Å². The molecule has 0 atom stereocenters. The van der Waals surface area contributed by atoms with E-state index < -0.39 is 0 Å². The van der Waals surface area contributed by atoms with Crippen LogP contribution in [0, 0.1) is 13.8 Å². The van der Waals surface area contributed by atoms with Crippen LogP contribution in [0.15, 0.2) is 30.5 Å². The van der Waals surface area contributed by atoms with Gasteiger partial charge in [-0.25, -0.2) is 0 Å². The first-order chi connectivity index (χ1) is 10.1. The van der Waals surface area contributed by atoms with Crippen molar-refractivity contribution in [1.82, 2.24) is 20.1 Å². The topological polar surface area (TPSA) is 62.7 Å². The van der Waals surface area contributed by atoms with Crippen LogP contribution in [0.25, 0.3) is 10.9 Å². The summed E-state index contributed by atoms with van der Waals surface area (Å²) in [6.45, 7) is 4.45. The molecule has 0 saturated carbocycles. The molecule has 108 valence electrons. The zero-order valence-corrected chi connectivity index (χ0v) is 12.4. The van der Waals surface area contributed by atoms with E-state index in [-0.39, 0.29) is 5.91 Å². The summed E-state index contributed by atoms with van der Waals surface area (Å²) in [6.07, 6.45) is 1.84. The molecule has 0 bridgehead atoms. The van der Waals surface area contributed by atoms with Gasteiger partial charge in [-0.15, -0.1) is 0 Å². The molecule has 2 heterocycles. The molecule has 3 aromatic rings. The first kappa shape index (κ1) is 13.4. The number of nitrogens with one attached hydrogen (secondary N) is 2. The lowest BCUT2D eigenvalue weighted by molar-refractivity contribution is 0.0952. The highest BCUT2D eigenvalue weighted by atomic mass is 16.1. The van der Waals surface area contributed by atoms with Crippen molar-refractivity contribution in [2.24, 2.45) is 7.05 Å². The quantitative estimate of drug-likeness (QED) is 0.775. The van der Waals surface area contributed by atoms with E-state index in [1.54, 1.807) is 0 Å². The molecular weight excluding hydrogens is 264 g/mol. The minimum atomic E-state index is -0.0781. The van der Waals surface area contributed by atoms with Crippen LogP contribution in [0.3, 0.4) is 0 Å². The molecule has 0 unspecified atom stereocenters. The molecule has 5 nitrogen and oxygen atoms in total. The summed E-state index contributed by atoms with van der Waals surface area (Å²) in [5, 5.41) is 8.38. The Morgan fingerprint density at radius 2 is 2.14 bits per heavy atom. The van der Waals surface area contributed by atoms with Crippen LogP contribution < -0.4 is 5.32 Å². The Hall–Kier alpha value is -2.56. The number of benzene rings is 1. The summed E-state index contributed by atoms with van der Waals surface area (Å²) in [7, 11) is 1.91. The fourth-order valence-corrected chi connectivity index (χ4v) is 2.61. The summed E-state index contributed by atoms with van der Waals surface area (Å²) >= 11 is 0. The lowest BCUT2D eigenvalue weighted by Crippen LogP contribution is -2.23. The molecule has 0 aliphatic heterocycles. The van der Waals surface area contributed by atoms with Gasteiger partial charge in [0.1, 0.15) is 0 Å². The van der Waals surface area contributed by atoms with Crippen LogP contribution in [0.5, 0.6) is 0 Å². The number of aromatic nitrogens is 3. The van der Waals surface area contributed by atoms with E-state index in [0.717, 1.165) is 27.9 Å². The van der Waals surface area contributed by atoms with Gasteiger partial charge in [0.05, 0.1) is 16.8 Å². The average Bonchev–Trinajstić information content (AvgIpc) is 3.02. The van der Waals surface area contributed by atoms with Gasteiger partial charge in [-0.05, 0) is 26.0 Å². The second-order valence-electron chi connectivity index (χ2n) is 5.20. The van der Waals surface area contributed by atoms with Crippen molar-refractivity contribution in [2.75, 3.05) is 0 Å².